The van der Waals surface area contributed by atoms with E-state index in [0.29, 0.717) is 5.41 Å². The number of rotatable bonds is 1. The fourth-order valence-electron chi connectivity index (χ4n) is 2.76. The summed E-state index contributed by atoms with van der Waals surface area (Å²) in [6.07, 6.45) is 3.58. The zero-order chi connectivity index (χ0) is 7.35. The summed E-state index contributed by atoms with van der Waals surface area (Å²) in [7, 11) is 0. The van der Waals surface area contributed by atoms with Crippen LogP contribution >= 0.6 is 0 Å². The molecule has 1 heteroatoms. The minimum Gasteiger partial charge on any atom is -0.393 e. The van der Waals surface area contributed by atoms with Crippen molar-refractivity contribution in [3.8, 4) is 0 Å². The van der Waals surface area contributed by atoms with Gasteiger partial charge in [-0.15, -0.1) is 0 Å². The van der Waals surface area contributed by atoms with E-state index in [4.69, 9.17) is 0 Å². The molecule has 0 heterocycles. The molecule has 2 rings (SSSR count). The van der Waals surface area contributed by atoms with E-state index >= 15 is 0 Å². The van der Waals surface area contributed by atoms with Gasteiger partial charge in [0.15, 0.2) is 0 Å². The van der Waals surface area contributed by atoms with Gasteiger partial charge in [0.25, 0.3) is 0 Å². The zero-order valence-electron chi connectivity index (χ0n) is 6.80. The molecule has 0 aromatic rings. The second-order valence-electron chi connectivity index (χ2n) is 4.38. The highest BCUT2D eigenvalue weighted by Gasteiger charge is 2.60. The summed E-state index contributed by atoms with van der Waals surface area (Å²) >= 11 is 0. The second-order valence-corrected chi connectivity index (χ2v) is 4.38. The smallest absolute Gasteiger partial charge is 0.0548 e. The Balaban J connectivity index is 2.08. The van der Waals surface area contributed by atoms with E-state index in [1.54, 1.807) is 0 Å². The predicted octanol–water partition coefficient (Wildman–Crippen LogP) is 1.80. The van der Waals surface area contributed by atoms with Crippen LogP contribution in [0.25, 0.3) is 0 Å². The first-order valence-corrected chi connectivity index (χ1v) is 4.33. The zero-order valence-corrected chi connectivity index (χ0v) is 6.80. The largest absolute Gasteiger partial charge is 0.393 e. The lowest BCUT2D eigenvalue weighted by Gasteiger charge is -2.17. The van der Waals surface area contributed by atoms with Crippen LogP contribution in [0.15, 0.2) is 0 Å². The molecule has 0 aromatic carbocycles. The van der Waals surface area contributed by atoms with Gasteiger partial charge < -0.3 is 5.11 Å². The van der Waals surface area contributed by atoms with E-state index in [9.17, 15) is 5.11 Å². The quantitative estimate of drug-likeness (QED) is 0.589. The number of hydrogen-bond donors (Lipinski definition) is 1. The van der Waals surface area contributed by atoms with Crippen molar-refractivity contribution in [2.75, 3.05) is 0 Å². The Kier molecular flexibility index (Phi) is 1.17. The Morgan fingerprint density at radius 2 is 2.10 bits per heavy atom. The van der Waals surface area contributed by atoms with Crippen molar-refractivity contribution in [2.45, 2.75) is 39.2 Å². The number of aliphatic hydroxyl groups excluding tert-OH is 1. The van der Waals surface area contributed by atoms with E-state index in [0.717, 1.165) is 24.7 Å². The third kappa shape index (κ3) is 0.672. The highest BCUT2D eigenvalue weighted by Crippen LogP contribution is 2.67. The Labute approximate surface area is 62.4 Å². The van der Waals surface area contributed by atoms with E-state index in [-0.39, 0.29) is 6.10 Å². The van der Waals surface area contributed by atoms with Crippen molar-refractivity contribution in [1.82, 2.24) is 0 Å². The van der Waals surface area contributed by atoms with Crippen molar-refractivity contribution in [3.05, 3.63) is 0 Å². The first-order valence-electron chi connectivity index (χ1n) is 4.33. The van der Waals surface area contributed by atoms with Crippen LogP contribution in [0, 0.1) is 17.3 Å². The molecule has 0 radical (unpaired) electrons. The van der Waals surface area contributed by atoms with Crippen molar-refractivity contribution < 1.29 is 5.11 Å². The Hall–Kier alpha value is -0.0400. The van der Waals surface area contributed by atoms with Crippen LogP contribution in [-0.4, -0.2) is 11.2 Å². The van der Waals surface area contributed by atoms with E-state index < -0.39 is 0 Å². The third-order valence-corrected chi connectivity index (χ3v) is 3.60. The molecule has 10 heavy (non-hydrogen) atoms. The first kappa shape index (κ1) is 6.66. The van der Waals surface area contributed by atoms with Gasteiger partial charge in [-0.3, -0.25) is 0 Å². The van der Waals surface area contributed by atoms with Crippen molar-refractivity contribution >= 4 is 0 Å². The molecule has 2 aliphatic carbocycles. The molecular formula is C9H16O. The molecule has 2 fully saturated rings. The van der Waals surface area contributed by atoms with E-state index in [1.165, 1.54) is 6.42 Å². The lowest BCUT2D eigenvalue weighted by atomic mass is 9.89. The fraction of sp³-hybridized carbons (Fsp3) is 1.00. The third-order valence-electron chi connectivity index (χ3n) is 3.60. The SMILES string of the molecule is CC(C)[C@@]12CC1C[C@H](O)C2. The average Bonchev–Trinajstić information content (AvgIpc) is 2.37. The number of aliphatic hydroxyl groups is 1. The van der Waals surface area contributed by atoms with Crippen LogP contribution < -0.4 is 0 Å². The molecule has 2 saturated carbocycles. The summed E-state index contributed by atoms with van der Waals surface area (Å²) in [5, 5.41) is 9.34. The first-order chi connectivity index (χ1) is 4.65. The molecule has 58 valence electrons. The molecule has 0 bridgehead atoms. The highest BCUT2D eigenvalue weighted by molar-refractivity contribution is 5.10. The van der Waals surface area contributed by atoms with Gasteiger partial charge in [-0.2, -0.15) is 0 Å². The van der Waals surface area contributed by atoms with Gasteiger partial charge in [0.2, 0.25) is 0 Å². The molecule has 3 atom stereocenters. The van der Waals surface area contributed by atoms with Crippen molar-refractivity contribution in [3.63, 3.8) is 0 Å². The molecule has 0 aromatic heterocycles. The normalized spacial score (nSPS) is 51.6. The lowest BCUT2D eigenvalue weighted by Crippen LogP contribution is -2.12. The molecule has 0 aliphatic heterocycles. The maximum atomic E-state index is 9.34. The maximum Gasteiger partial charge on any atom is 0.0548 e. The molecule has 0 amide bonds. The summed E-state index contributed by atoms with van der Waals surface area (Å²) in [4.78, 5) is 0. The van der Waals surface area contributed by atoms with Gasteiger partial charge in [-0.25, -0.2) is 0 Å². The Bertz CT molecular complexity index is 153. The van der Waals surface area contributed by atoms with Gasteiger partial charge >= 0.3 is 0 Å². The monoisotopic (exact) mass is 140 g/mol. The van der Waals surface area contributed by atoms with Crippen LogP contribution in [0.3, 0.4) is 0 Å². The molecule has 1 N–H and O–H groups in total. The van der Waals surface area contributed by atoms with Gasteiger partial charge in [-0.1, -0.05) is 13.8 Å². The highest BCUT2D eigenvalue weighted by atomic mass is 16.3. The Morgan fingerprint density at radius 3 is 2.40 bits per heavy atom. The molecular weight excluding hydrogens is 124 g/mol. The summed E-state index contributed by atoms with van der Waals surface area (Å²) < 4.78 is 0. The average molecular weight is 140 g/mol. The van der Waals surface area contributed by atoms with Gasteiger partial charge in [0, 0.05) is 0 Å². The van der Waals surface area contributed by atoms with Crippen LogP contribution in [0.5, 0.6) is 0 Å². The molecule has 0 spiro atoms. The Morgan fingerprint density at radius 1 is 1.40 bits per heavy atom. The van der Waals surface area contributed by atoms with Crippen LogP contribution in [-0.2, 0) is 0 Å². The summed E-state index contributed by atoms with van der Waals surface area (Å²) in [6.45, 7) is 4.58. The minimum atomic E-state index is 0.0288. The van der Waals surface area contributed by atoms with Gasteiger partial charge in [0.1, 0.15) is 0 Å². The topological polar surface area (TPSA) is 20.2 Å². The molecule has 1 unspecified atom stereocenters. The van der Waals surface area contributed by atoms with Crippen molar-refractivity contribution in [2.24, 2.45) is 17.3 Å². The molecule has 1 nitrogen and oxygen atoms in total. The van der Waals surface area contributed by atoms with Crippen molar-refractivity contribution in [1.29, 1.82) is 0 Å². The fourth-order valence-corrected chi connectivity index (χ4v) is 2.76. The number of hydrogen-bond acceptors (Lipinski definition) is 1. The predicted molar refractivity (Wildman–Crippen MR) is 40.6 cm³/mol. The molecule has 2 aliphatic rings. The van der Waals surface area contributed by atoms with E-state index in [1.807, 2.05) is 0 Å². The number of fused-ring (bicyclic) bond motifs is 1. The van der Waals surface area contributed by atoms with Gasteiger partial charge in [0.05, 0.1) is 6.10 Å². The van der Waals surface area contributed by atoms with Crippen LogP contribution in [0.1, 0.15) is 33.1 Å². The lowest BCUT2D eigenvalue weighted by molar-refractivity contribution is 0.149. The summed E-state index contributed by atoms with van der Waals surface area (Å²) in [6, 6.07) is 0. The standard InChI is InChI=1S/C9H16O/c1-6(2)9-4-7(9)3-8(10)5-9/h6-8,10H,3-5H2,1-2H3/t7?,8-,9-/m0/s1. The van der Waals surface area contributed by atoms with Gasteiger partial charge in [-0.05, 0) is 36.5 Å². The molecule has 0 saturated heterocycles. The minimum absolute atomic E-state index is 0.0288. The maximum absolute atomic E-state index is 9.34. The van der Waals surface area contributed by atoms with Crippen LogP contribution in [0.2, 0.25) is 0 Å². The summed E-state index contributed by atoms with van der Waals surface area (Å²) in [5.74, 6) is 1.66. The second kappa shape index (κ2) is 1.76. The van der Waals surface area contributed by atoms with Crippen LogP contribution in [0.4, 0.5) is 0 Å². The summed E-state index contributed by atoms with van der Waals surface area (Å²) in [5.41, 5.74) is 0.583. The van der Waals surface area contributed by atoms with E-state index in [2.05, 4.69) is 13.8 Å².